The van der Waals surface area contributed by atoms with Gasteiger partial charge in [0, 0.05) is 12.8 Å². The van der Waals surface area contributed by atoms with E-state index in [-0.39, 0.29) is 11.9 Å². The number of benzene rings is 1. The summed E-state index contributed by atoms with van der Waals surface area (Å²) >= 11 is 0. The molecule has 1 aliphatic carbocycles. The Morgan fingerprint density at radius 1 is 1.42 bits per heavy atom. The first-order valence-electron chi connectivity index (χ1n) is 6.37. The molecule has 0 saturated carbocycles. The maximum atomic E-state index is 11.0. The van der Waals surface area contributed by atoms with Crippen LogP contribution in [0.3, 0.4) is 0 Å². The Balaban J connectivity index is 2.38. The van der Waals surface area contributed by atoms with Crippen LogP contribution in [0.15, 0.2) is 54.6 Å². The van der Waals surface area contributed by atoms with E-state index in [4.69, 9.17) is 4.74 Å². The van der Waals surface area contributed by atoms with E-state index < -0.39 is 0 Å². The van der Waals surface area contributed by atoms with Gasteiger partial charge < -0.3 is 4.74 Å². The zero-order valence-electron chi connectivity index (χ0n) is 11.3. The lowest BCUT2D eigenvalue weighted by Crippen LogP contribution is -2.10. The predicted molar refractivity (Wildman–Crippen MR) is 77.7 cm³/mol. The molecular formula is C17H18O2. The average molecular weight is 254 g/mol. The van der Waals surface area contributed by atoms with E-state index in [1.165, 1.54) is 29.2 Å². The standard InChI is InChI=1S/C17H18O2/c1-4-5-8-14-12(2)17(11-19-13(3)18)16-10-7-6-9-15(14)16/h4-10,17H,1,11H2,2-3H3/b8-5-. The Hall–Kier alpha value is -2.09. The molecule has 1 aromatic rings. The first kappa shape index (κ1) is 13.3. The number of hydrogen-bond donors (Lipinski definition) is 0. The number of fused-ring (bicyclic) bond motifs is 1. The zero-order valence-corrected chi connectivity index (χ0v) is 11.3. The topological polar surface area (TPSA) is 26.3 Å². The number of rotatable bonds is 4. The van der Waals surface area contributed by atoms with Crippen molar-refractivity contribution in [2.75, 3.05) is 6.61 Å². The molecule has 0 aliphatic heterocycles. The summed E-state index contributed by atoms with van der Waals surface area (Å²) in [6.45, 7) is 7.65. The van der Waals surface area contributed by atoms with Crippen molar-refractivity contribution in [1.82, 2.24) is 0 Å². The Kier molecular flexibility index (Phi) is 4.00. The van der Waals surface area contributed by atoms with Crippen LogP contribution in [0, 0.1) is 0 Å². The van der Waals surface area contributed by atoms with E-state index in [1.807, 2.05) is 18.2 Å². The molecule has 1 unspecified atom stereocenters. The van der Waals surface area contributed by atoms with Crippen LogP contribution in [-0.2, 0) is 9.53 Å². The molecule has 0 heterocycles. The van der Waals surface area contributed by atoms with Gasteiger partial charge in [0.25, 0.3) is 0 Å². The van der Waals surface area contributed by atoms with Gasteiger partial charge in [-0.2, -0.15) is 0 Å². The van der Waals surface area contributed by atoms with Gasteiger partial charge in [-0.05, 0) is 23.6 Å². The summed E-state index contributed by atoms with van der Waals surface area (Å²) in [6.07, 6.45) is 5.76. The lowest BCUT2D eigenvalue weighted by molar-refractivity contribution is -0.141. The van der Waals surface area contributed by atoms with Gasteiger partial charge in [0.1, 0.15) is 6.61 Å². The third-order valence-corrected chi connectivity index (χ3v) is 3.43. The molecule has 0 N–H and O–H groups in total. The molecule has 0 bridgehead atoms. The molecule has 1 aromatic carbocycles. The van der Waals surface area contributed by atoms with E-state index in [0.717, 1.165) is 0 Å². The van der Waals surface area contributed by atoms with Gasteiger partial charge in [-0.1, -0.05) is 54.6 Å². The molecule has 0 fully saturated rings. The molecule has 0 amide bonds. The van der Waals surface area contributed by atoms with E-state index in [1.54, 1.807) is 6.08 Å². The summed E-state index contributed by atoms with van der Waals surface area (Å²) in [5.41, 5.74) is 4.88. The van der Waals surface area contributed by atoms with Crippen LogP contribution in [0.2, 0.25) is 0 Å². The zero-order chi connectivity index (χ0) is 13.8. The fourth-order valence-corrected chi connectivity index (χ4v) is 2.48. The predicted octanol–water partition coefficient (Wildman–Crippen LogP) is 3.86. The van der Waals surface area contributed by atoms with Crippen molar-refractivity contribution >= 4 is 11.5 Å². The average Bonchev–Trinajstić information content (AvgIpc) is 2.66. The van der Waals surface area contributed by atoms with Gasteiger partial charge in [0.15, 0.2) is 0 Å². The largest absolute Gasteiger partial charge is 0.465 e. The highest BCUT2D eigenvalue weighted by atomic mass is 16.5. The highest BCUT2D eigenvalue weighted by molar-refractivity contribution is 5.84. The summed E-state index contributed by atoms with van der Waals surface area (Å²) in [5.74, 6) is -0.0788. The molecular weight excluding hydrogens is 236 g/mol. The molecule has 0 aromatic heterocycles. The monoisotopic (exact) mass is 254 g/mol. The minimum absolute atomic E-state index is 0.157. The van der Waals surface area contributed by atoms with E-state index >= 15 is 0 Å². The van der Waals surface area contributed by atoms with Gasteiger partial charge in [-0.25, -0.2) is 0 Å². The van der Waals surface area contributed by atoms with Gasteiger partial charge in [-0.15, -0.1) is 0 Å². The summed E-state index contributed by atoms with van der Waals surface area (Å²) in [4.78, 5) is 11.0. The molecule has 2 rings (SSSR count). The van der Waals surface area contributed by atoms with Gasteiger partial charge in [0.2, 0.25) is 0 Å². The number of ether oxygens (including phenoxy) is 1. The summed E-state index contributed by atoms with van der Waals surface area (Å²) in [7, 11) is 0. The number of carbonyl (C=O) groups excluding carboxylic acids is 1. The number of carbonyl (C=O) groups is 1. The van der Waals surface area contributed by atoms with Crippen LogP contribution in [-0.4, -0.2) is 12.6 Å². The molecule has 0 saturated heterocycles. The maximum Gasteiger partial charge on any atom is 0.302 e. The SMILES string of the molecule is C=C/C=C\C1=C(C)C(COC(C)=O)c2ccccc21. The van der Waals surface area contributed by atoms with Gasteiger partial charge >= 0.3 is 5.97 Å². The lowest BCUT2D eigenvalue weighted by atomic mass is 9.98. The first-order valence-corrected chi connectivity index (χ1v) is 6.37. The van der Waals surface area contributed by atoms with Crippen LogP contribution >= 0.6 is 0 Å². The van der Waals surface area contributed by atoms with Crippen LogP contribution in [0.4, 0.5) is 0 Å². The smallest absolute Gasteiger partial charge is 0.302 e. The Bertz CT molecular complexity index is 564. The summed E-state index contributed by atoms with van der Waals surface area (Å²) in [6, 6.07) is 8.26. The minimum Gasteiger partial charge on any atom is -0.465 e. The van der Waals surface area contributed by atoms with Crippen LogP contribution in [0.25, 0.3) is 5.57 Å². The lowest BCUT2D eigenvalue weighted by Gasteiger charge is -2.13. The Labute approximate surface area is 114 Å². The third kappa shape index (κ3) is 2.68. The second-order valence-electron chi connectivity index (χ2n) is 4.63. The maximum absolute atomic E-state index is 11.0. The van der Waals surface area contributed by atoms with E-state index in [0.29, 0.717) is 6.61 Å². The van der Waals surface area contributed by atoms with Crippen LogP contribution in [0.1, 0.15) is 30.9 Å². The second kappa shape index (κ2) is 5.70. The molecule has 98 valence electrons. The highest BCUT2D eigenvalue weighted by Gasteiger charge is 2.27. The van der Waals surface area contributed by atoms with Crippen molar-refractivity contribution in [2.24, 2.45) is 0 Å². The molecule has 2 heteroatoms. The van der Waals surface area contributed by atoms with E-state index in [9.17, 15) is 4.79 Å². The molecule has 2 nitrogen and oxygen atoms in total. The molecule has 0 spiro atoms. The molecule has 1 aliphatic rings. The van der Waals surface area contributed by atoms with Crippen molar-refractivity contribution < 1.29 is 9.53 Å². The van der Waals surface area contributed by atoms with Crippen LogP contribution < -0.4 is 0 Å². The third-order valence-electron chi connectivity index (χ3n) is 3.43. The molecule has 1 atom stereocenters. The number of esters is 1. The normalized spacial score (nSPS) is 17.7. The first-order chi connectivity index (χ1) is 9.15. The Morgan fingerprint density at radius 3 is 2.84 bits per heavy atom. The fraction of sp³-hybridized carbons (Fsp3) is 0.235. The minimum atomic E-state index is -0.236. The van der Waals surface area contributed by atoms with Crippen molar-refractivity contribution in [3.05, 3.63) is 65.8 Å². The molecule has 0 radical (unpaired) electrons. The van der Waals surface area contributed by atoms with E-state index in [2.05, 4.69) is 31.7 Å². The van der Waals surface area contributed by atoms with Crippen molar-refractivity contribution in [3.63, 3.8) is 0 Å². The van der Waals surface area contributed by atoms with Crippen molar-refractivity contribution in [3.8, 4) is 0 Å². The molecule has 19 heavy (non-hydrogen) atoms. The Morgan fingerprint density at radius 2 is 2.16 bits per heavy atom. The van der Waals surface area contributed by atoms with Crippen molar-refractivity contribution in [2.45, 2.75) is 19.8 Å². The summed E-state index contributed by atoms with van der Waals surface area (Å²) in [5, 5.41) is 0. The number of hydrogen-bond acceptors (Lipinski definition) is 2. The second-order valence-corrected chi connectivity index (χ2v) is 4.63. The van der Waals surface area contributed by atoms with Crippen LogP contribution in [0.5, 0.6) is 0 Å². The van der Waals surface area contributed by atoms with Gasteiger partial charge in [0.05, 0.1) is 0 Å². The van der Waals surface area contributed by atoms with Gasteiger partial charge in [-0.3, -0.25) is 4.79 Å². The number of allylic oxidation sites excluding steroid dienone is 4. The fourth-order valence-electron chi connectivity index (χ4n) is 2.48. The summed E-state index contributed by atoms with van der Waals surface area (Å²) < 4.78 is 5.19. The highest BCUT2D eigenvalue weighted by Crippen LogP contribution is 2.42. The van der Waals surface area contributed by atoms with Crippen molar-refractivity contribution in [1.29, 1.82) is 0 Å². The quantitative estimate of drug-likeness (QED) is 0.602.